The van der Waals surface area contributed by atoms with Crippen molar-refractivity contribution in [2.45, 2.75) is 25.5 Å². The van der Waals surface area contributed by atoms with E-state index in [2.05, 4.69) is 5.32 Å². The van der Waals surface area contributed by atoms with Crippen molar-refractivity contribution in [2.24, 2.45) is 0 Å². The summed E-state index contributed by atoms with van der Waals surface area (Å²) in [5.74, 6) is -0.267. The molecule has 0 aliphatic heterocycles. The number of methoxy groups -OCH3 is 1. The minimum absolute atomic E-state index is 0.132. The van der Waals surface area contributed by atoms with Gasteiger partial charge in [-0.3, -0.25) is 4.79 Å². The number of nitrogens with one attached hydrogen (secondary N) is 1. The fourth-order valence-electron chi connectivity index (χ4n) is 2.25. The molecule has 0 radical (unpaired) electrons. The fourth-order valence-corrected chi connectivity index (χ4v) is 2.25. The highest BCUT2D eigenvalue weighted by Crippen LogP contribution is 2.13. The average molecular weight is 343 g/mol. The van der Waals surface area contributed by atoms with E-state index in [1.165, 1.54) is 19.2 Å². The van der Waals surface area contributed by atoms with Gasteiger partial charge in [-0.05, 0) is 36.8 Å². The Morgan fingerprint density at radius 3 is 2.32 bits per heavy atom. The van der Waals surface area contributed by atoms with Gasteiger partial charge in [-0.25, -0.2) is 4.79 Å². The predicted octanol–water partition coefficient (Wildman–Crippen LogP) is 2.06. The van der Waals surface area contributed by atoms with Gasteiger partial charge in [0.25, 0.3) is 5.91 Å². The van der Waals surface area contributed by atoms with Crippen LogP contribution < -0.4 is 10.1 Å². The van der Waals surface area contributed by atoms with Crippen molar-refractivity contribution in [3.63, 3.8) is 0 Å². The zero-order chi connectivity index (χ0) is 18.2. The number of ether oxygens (including phenoxy) is 2. The summed E-state index contributed by atoms with van der Waals surface area (Å²) in [4.78, 5) is 24.3. The van der Waals surface area contributed by atoms with E-state index in [9.17, 15) is 14.7 Å². The number of amides is 1. The highest BCUT2D eigenvalue weighted by atomic mass is 16.5. The first-order valence-electron chi connectivity index (χ1n) is 7.87. The lowest BCUT2D eigenvalue weighted by atomic mass is 10.1. The molecular weight excluding hydrogens is 322 g/mol. The van der Waals surface area contributed by atoms with Gasteiger partial charge in [-0.2, -0.15) is 0 Å². The Bertz CT molecular complexity index is 700. The van der Waals surface area contributed by atoms with Crippen molar-refractivity contribution in [2.75, 3.05) is 7.11 Å². The van der Waals surface area contributed by atoms with Crippen LogP contribution in [0, 0.1) is 0 Å². The van der Waals surface area contributed by atoms with Crippen LogP contribution in [0.25, 0.3) is 0 Å². The zero-order valence-electron chi connectivity index (χ0n) is 14.1. The van der Waals surface area contributed by atoms with Crippen LogP contribution in [-0.4, -0.2) is 36.2 Å². The molecule has 2 aromatic rings. The molecule has 2 atom stereocenters. The summed E-state index contributed by atoms with van der Waals surface area (Å²) in [6.45, 7) is 1.61. The van der Waals surface area contributed by atoms with E-state index in [1.807, 2.05) is 18.2 Å². The Hall–Kier alpha value is -3.02. The van der Waals surface area contributed by atoms with Gasteiger partial charge in [0.1, 0.15) is 17.5 Å². The number of phenols is 1. The number of esters is 1. The van der Waals surface area contributed by atoms with E-state index in [1.54, 1.807) is 31.2 Å². The molecule has 0 bridgehead atoms. The molecule has 0 saturated carbocycles. The molecule has 6 nitrogen and oxygen atoms in total. The molecule has 2 N–H and O–H groups in total. The Morgan fingerprint density at radius 1 is 1.08 bits per heavy atom. The minimum atomic E-state index is -0.844. The molecule has 0 aliphatic carbocycles. The first kappa shape index (κ1) is 18.3. The van der Waals surface area contributed by atoms with Crippen molar-refractivity contribution in [1.29, 1.82) is 0 Å². The molecule has 0 unspecified atom stereocenters. The van der Waals surface area contributed by atoms with Gasteiger partial charge in [-0.1, -0.05) is 30.3 Å². The van der Waals surface area contributed by atoms with Crippen LogP contribution >= 0.6 is 0 Å². The molecule has 0 aromatic heterocycles. The molecule has 25 heavy (non-hydrogen) atoms. The van der Waals surface area contributed by atoms with Gasteiger partial charge in [-0.15, -0.1) is 0 Å². The number of benzene rings is 2. The summed E-state index contributed by atoms with van der Waals surface area (Å²) >= 11 is 0. The molecular formula is C19H21NO5. The highest BCUT2D eigenvalue weighted by Gasteiger charge is 2.25. The van der Waals surface area contributed by atoms with E-state index in [0.29, 0.717) is 5.75 Å². The van der Waals surface area contributed by atoms with E-state index in [4.69, 9.17) is 9.47 Å². The minimum Gasteiger partial charge on any atom is -0.508 e. The van der Waals surface area contributed by atoms with Crippen LogP contribution in [-0.2, 0) is 20.7 Å². The van der Waals surface area contributed by atoms with Crippen molar-refractivity contribution in [1.82, 2.24) is 5.32 Å². The third-order valence-corrected chi connectivity index (χ3v) is 3.60. The van der Waals surface area contributed by atoms with Crippen LogP contribution in [0.5, 0.6) is 11.5 Å². The maximum atomic E-state index is 12.3. The third-order valence-electron chi connectivity index (χ3n) is 3.60. The van der Waals surface area contributed by atoms with Gasteiger partial charge < -0.3 is 19.9 Å². The van der Waals surface area contributed by atoms with Gasteiger partial charge in [0.2, 0.25) is 0 Å². The summed E-state index contributed by atoms with van der Waals surface area (Å²) < 4.78 is 10.3. The SMILES string of the molecule is COC(=O)[C@@H](Cc1ccc(O)cc1)NC(=O)[C@@H](C)Oc1ccccc1. The van der Waals surface area contributed by atoms with E-state index in [-0.39, 0.29) is 12.2 Å². The van der Waals surface area contributed by atoms with Crippen molar-refractivity contribution >= 4 is 11.9 Å². The Labute approximate surface area is 146 Å². The topological polar surface area (TPSA) is 84.9 Å². The van der Waals surface area contributed by atoms with E-state index in [0.717, 1.165) is 5.56 Å². The van der Waals surface area contributed by atoms with Gasteiger partial charge in [0.15, 0.2) is 6.10 Å². The summed E-state index contributed by atoms with van der Waals surface area (Å²) in [6.07, 6.45) is -0.522. The highest BCUT2D eigenvalue weighted by molar-refractivity contribution is 5.87. The molecule has 2 rings (SSSR count). The van der Waals surface area contributed by atoms with Gasteiger partial charge >= 0.3 is 5.97 Å². The second kappa shape index (κ2) is 8.73. The molecule has 0 aliphatic rings. The van der Waals surface area contributed by atoms with Crippen LogP contribution in [0.15, 0.2) is 54.6 Å². The van der Waals surface area contributed by atoms with Gasteiger partial charge in [0.05, 0.1) is 7.11 Å². The van der Waals surface area contributed by atoms with E-state index < -0.39 is 24.0 Å². The molecule has 0 heterocycles. The maximum Gasteiger partial charge on any atom is 0.328 e. The molecule has 6 heteroatoms. The number of aromatic hydroxyl groups is 1. The first-order valence-corrected chi connectivity index (χ1v) is 7.87. The standard InChI is InChI=1S/C19H21NO5/c1-13(25-16-6-4-3-5-7-16)18(22)20-17(19(23)24-2)12-14-8-10-15(21)11-9-14/h3-11,13,17,21H,12H2,1-2H3,(H,20,22)/t13-,17-/m1/s1. The first-order chi connectivity index (χ1) is 12.0. The molecule has 132 valence electrons. The number of para-hydroxylation sites is 1. The maximum absolute atomic E-state index is 12.3. The monoisotopic (exact) mass is 343 g/mol. The summed E-state index contributed by atoms with van der Waals surface area (Å²) in [5, 5.41) is 12.0. The molecule has 0 fully saturated rings. The number of phenolic OH excluding ortho intramolecular Hbond substituents is 1. The second-order valence-electron chi connectivity index (χ2n) is 5.53. The Morgan fingerprint density at radius 2 is 1.72 bits per heavy atom. The lowest BCUT2D eigenvalue weighted by Crippen LogP contribution is -2.47. The summed E-state index contributed by atoms with van der Waals surface area (Å²) in [7, 11) is 1.27. The van der Waals surface area contributed by atoms with Crippen LogP contribution in [0.3, 0.4) is 0 Å². The molecule has 0 saturated heterocycles. The summed E-state index contributed by atoms with van der Waals surface area (Å²) in [5.41, 5.74) is 0.783. The van der Waals surface area contributed by atoms with Crippen molar-refractivity contribution in [3.05, 3.63) is 60.2 Å². The number of carbonyl (C=O) groups is 2. The zero-order valence-corrected chi connectivity index (χ0v) is 14.1. The second-order valence-corrected chi connectivity index (χ2v) is 5.53. The summed E-state index contributed by atoms with van der Waals surface area (Å²) in [6, 6.07) is 14.5. The van der Waals surface area contributed by atoms with Crippen LogP contribution in [0.4, 0.5) is 0 Å². The smallest absolute Gasteiger partial charge is 0.328 e. The number of hydrogen-bond acceptors (Lipinski definition) is 5. The largest absolute Gasteiger partial charge is 0.508 e. The fraction of sp³-hybridized carbons (Fsp3) is 0.263. The third kappa shape index (κ3) is 5.53. The average Bonchev–Trinajstić information content (AvgIpc) is 2.63. The van der Waals surface area contributed by atoms with Crippen LogP contribution in [0.1, 0.15) is 12.5 Å². The van der Waals surface area contributed by atoms with Crippen molar-refractivity contribution in [3.8, 4) is 11.5 Å². The normalized spacial score (nSPS) is 12.7. The Balaban J connectivity index is 2.01. The molecule has 0 spiro atoms. The lowest BCUT2D eigenvalue weighted by Gasteiger charge is -2.20. The number of hydrogen-bond donors (Lipinski definition) is 2. The quantitative estimate of drug-likeness (QED) is 0.752. The Kier molecular flexibility index (Phi) is 6.39. The molecule has 1 amide bonds. The lowest BCUT2D eigenvalue weighted by molar-refractivity contribution is -0.145. The van der Waals surface area contributed by atoms with Gasteiger partial charge in [0, 0.05) is 6.42 Å². The van der Waals surface area contributed by atoms with Crippen molar-refractivity contribution < 1.29 is 24.2 Å². The predicted molar refractivity (Wildman–Crippen MR) is 92.3 cm³/mol. The molecule has 2 aromatic carbocycles. The number of rotatable bonds is 7. The van der Waals surface area contributed by atoms with Crippen LogP contribution in [0.2, 0.25) is 0 Å². The van der Waals surface area contributed by atoms with E-state index >= 15 is 0 Å². The number of carbonyl (C=O) groups excluding carboxylic acids is 2.